The summed E-state index contributed by atoms with van der Waals surface area (Å²) in [5, 5.41) is 30.4. The smallest absolute Gasteiger partial charge is 0.256 e. The first-order chi connectivity index (χ1) is 17.7. The zero-order chi connectivity index (χ0) is 26.6. The predicted octanol–water partition coefficient (Wildman–Crippen LogP) is 2.40. The van der Waals surface area contributed by atoms with Crippen molar-refractivity contribution < 1.29 is 24.2 Å². The standard InChI is InChI=1S/C26H29FN6O4/c1-26(2)20-10-17(8-9-18(20)24(37)33-26)30-25-29-12-19(23(36)28-11-16(27)13-34)22(32-25)31-21(14-35)15-6-4-3-5-7-15/h3-10,12,16,21,34-35H,11,13-14H2,1-2H3,(H,28,36)(H,33,37)(H2,29,30,31,32)/t16-,21+/m0/s1. The van der Waals surface area contributed by atoms with Crippen molar-refractivity contribution in [3.63, 3.8) is 0 Å². The van der Waals surface area contributed by atoms with Crippen molar-refractivity contribution in [3.05, 3.63) is 77.0 Å². The Hall–Kier alpha value is -4.09. The number of benzene rings is 2. The van der Waals surface area contributed by atoms with Crippen LogP contribution in [0.4, 0.5) is 21.8 Å². The van der Waals surface area contributed by atoms with Crippen LogP contribution in [0.5, 0.6) is 0 Å². The van der Waals surface area contributed by atoms with E-state index in [4.69, 9.17) is 5.11 Å². The Bertz CT molecular complexity index is 1290. The molecular weight excluding hydrogens is 479 g/mol. The van der Waals surface area contributed by atoms with Gasteiger partial charge in [-0.25, -0.2) is 9.37 Å². The second kappa shape index (κ2) is 10.9. The summed E-state index contributed by atoms with van der Waals surface area (Å²) in [5.41, 5.74) is 2.32. The van der Waals surface area contributed by atoms with Crippen LogP contribution in [0.1, 0.15) is 51.7 Å². The average Bonchev–Trinajstić information content (AvgIpc) is 3.13. The number of carbonyl (C=O) groups excluding carboxylic acids is 2. The summed E-state index contributed by atoms with van der Waals surface area (Å²) < 4.78 is 13.5. The molecule has 1 aromatic heterocycles. The van der Waals surface area contributed by atoms with E-state index in [-0.39, 0.29) is 36.4 Å². The van der Waals surface area contributed by atoms with E-state index in [9.17, 15) is 19.1 Å². The molecule has 37 heavy (non-hydrogen) atoms. The van der Waals surface area contributed by atoms with Gasteiger partial charge in [0.2, 0.25) is 5.95 Å². The molecule has 11 heteroatoms. The van der Waals surface area contributed by atoms with Gasteiger partial charge in [0.05, 0.1) is 31.3 Å². The number of aliphatic hydroxyl groups is 2. The first-order valence-electron chi connectivity index (χ1n) is 11.8. The number of rotatable bonds is 10. The maximum atomic E-state index is 13.5. The van der Waals surface area contributed by atoms with E-state index in [0.717, 1.165) is 11.1 Å². The molecule has 194 valence electrons. The second-order valence-corrected chi connectivity index (χ2v) is 9.20. The number of halogens is 1. The SMILES string of the molecule is CC1(C)NC(=O)c2ccc(Nc3ncc(C(=O)NC[C@H](F)CO)c(N[C@H](CO)c4ccccc4)n3)cc21. The highest BCUT2D eigenvalue weighted by Gasteiger charge is 2.35. The van der Waals surface area contributed by atoms with Gasteiger partial charge >= 0.3 is 0 Å². The van der Waals surface area contributed by atoms with Gasteiger partial charge in [0.1, 0.15) is 17.6 Å². The van der Waals surface area contributed by atoms with E-state index in [1.54, 1.807) is 12.1 Å². The number of nitrogens with zero attached hydrogens (tertiary/aromatic N) is 2. The molecule has 1 aliphatic heterocycles. The minimum absolute atomic E-state index is 0.0370. The fourth-order valence-corrected chi connectivity index (χ4v) is 4.05. The summed E-state index contributed by atoms with van der Waals surface area (Å²) in [6.45, 7) is 2.43. The van der Waals surface area contributed by atoms with Gasteiger partial charge in [-0.05, 0) is 43.2 Å². The van der Waals surface area contributed by atoms with E-state index in [0.29, 0.717) is 11.3 Å². The highest BCUT2D eigenvalue weighted by molar-refractivity contribution is 6.00. The van der Waals surface area contributed by atoms with Crippen molar-refractivity contribution in [1.82, 2.24) is 20.6 Å². The quantitative estimate of drug-likeness (QED) is 0.245. The van der Waals surface area contributed by atoms with Gasteiger partial charge in [-0.2, -0.15) is 4.98 Å². The second-order valence-electron chi connectivity index (χ2n) is 9.20. The number of carbonyl (C=O) groups is 2. The van der Waals surface area contributed by atoms with Crippen molar-refractivity contribution in [3.8, 4) is 0 Å². The first-order valence-corrected chi connectivity index (χ1v) is 11.8. The van der Waals surface area contributed by atoms with Crippen LogP contribution in [0, 0.1) is 0 Å². The van der Waals surface area contributed by atoms with Gasteiger partial charge in [0.25, 0.3) is 11.8 Å². The van der Waals surface area contributed by atoms with Crippen molar-refractivity contribution in [2.75, 3.05) is 30.4 Å². The third-order valence-corrected chi connectivity index (χ3v) is 6.03. The zero-order valence-corrected chi connectivity index (χ0v) is 20.5. The van der Waals surface area contributed by atoms with Crippen molar-refractivity contribution in [1.29, 1.82) is 0 Å². The fraction of sp³-hybridized carbons (Fsp3) is 0.308. The fourth-order valence-electron chi connectivity index (χ4n) is 4.05. The molecule has 6 N–H and O–H groups in total. The van der Waals surface area contributed by atoms with Gasteiger partial charge in [0.15, 0.2) is 0 Å². The minimum atomic E-state index is -1.61. The van der Waals surface area contributed by atoms with E-state index in [2.05, 4.69) is 31.2 Å². The van der Waals surface area contributed by atoms with Gasteiger partial charge in [-0.3, -0.25) is 9.59 Å². The van der Waals surface area contributed by atoms with E-state index in [1.165, 1.54) is 6.20 Å². The van der Waals surface area contributed by atoms with Crippen LogP contribution in [0.3, 0.4) is 0 Å². The molecule has 3 aromatic rings. The molecule has 0 unspecified atom stereocenters. The lowest BCUT2D eigenvalue weighted by Gasteiger charge is -2.21. The number of hydrogen-bond acceptors (Lipinski definition) is 8. The molecule has 2 amide bonds. The molecule has 2 heterocycles. The Morgan fingerprint density at radius 3 is 2.59 bits per heavy atom. The number of nitrogens with one attached hydrogen (secondary N) is 4. The van der Waals surface area contributed by atoms with Gasteiger partial charge < -0.3 is 31.5 Å². The van der Waals surface area contributed by atoms with E-state index < -0.39 is 30.3 Å². The van der Waals surface area contributed by atoms with Crippen molar-refractivity contribution in [2.24, 2.45) is 0 Å². The molecule has 1 aliphatic rings. The number of fused-ring (bicyclic) bond motifs is 1. The Labute approximate surface area is 213 Å². The van der Waals surface area contributed by atoms with Gasteiger partial charge in [-0.1, -0.05) is 30.3 Å². The van der Waals surface area contributed by atoms with E-state index in [1.807, 2.05) is 50.2 Å². The molecule has 10 nitrogen and oxygen atoms in total. The largest absolute Gasteiger partial charge is 0.394 e. The molecule has 0 spiro atoms. The lowest BCUT2D eigenvalue weighted by Crippen LogP contribution is -2.33. The molecule has 2 atom stereocenters. The third kappa shape index (κ3) is 5.84. The molecule has 0 saturated heterocycles. The Balaban J connectivity index is 1.64. The lowest BCUT2D eigenvalue weighted by atomic mass is 9.94. The molecule has 0 aliphatic carbocycles. The first kappa shape index (κ1) is 26.0. The van der Waals surface area contributed by atoms with Crippen LogP contribution in [0.2, 0.25) is 0 Å². The maximum absolute atomic E-state index is 13.5. The summed E-state index contributed by atoms with van der Waals surface area (Å²) in [6, 6.07) is 13.8. The number of hydrogen-bond donors (Lipinski definition) is 6. The zero-order valence-electron chi connectivity index (χ0n) is 20.5. The van der Waals surface area contributed by atoms with Crippen LogP contribution in [0.25, 0.3) is 0 Å². The summed E-state index contributed by atoms with van der Waals surface area (Å²) in [7, 11) is 0. The number of aromatic nitrogens is 2. The Kier molecular flexibility index (Phi) is 7.65. The van der Waals surface area contributed by atoms with Crippen molar-refractivity contribution >= 4 is 29.3 Å². The molecule has 4 rings (SSSR count). The number of alkyl halides is 1. The number of aliphatic hydroxyl groups excluding tert-OH is 2. The Morgan fingerprint density at radius 1 is 1.14 bits per heavy atom. The van der Waals surface area contributed by atoms with Crippen molar-refractivity contribution in [2.45, 2.75) is 31.6 Å². The summed E-state index contributed by atoms with van der Waals surface area (Å²) in [5.74, 6) is -0.496. The molecular formula is C26H29FN6O4. The maximum Gasteiger partial charge on any atom is 0.256 e. The molecule has 0 bridgehead atoms. The van der Waals surface area contributed by atoms with Gasteiger partial charge in [-0.15, -0.1) is 0 Å². The minimum Gasteiger partial charge on any atom is -0.394 e. The highest BCUT2D eigenvalue weighted by atomic mass is 19.1. The molecule has 0 radical (unpaired) electrons. The third-order valence-electron chi connectivity index (χ3n) is 6.03. The summed E-state index contributed by atoms with van der Waals surface area (Å²) >= 11 is 0. The Morgan fingerprint density at radius 2 is 1.89 bits per heavy atom. The summed E-state index contributed by atoms with van der Waals surface area (Å²) in [6.07, 6.45) is -0.316. The van der Waals surface area contributed by atoms with Crippen LogP contribution >= 0.6 is 0 Å². The average molecular weight is 509 g/mol. The number of amides is 2. The van der Waals surface area contributed by atoms with Crippen LogP contribution in [0.15, 0.2) is 54.7 Å². The molecule has 0 fully saturated rings. The topological polar surface area (TPSA) is 148 Å². The summed E-state index contributed by atoms with van der Waals surface area (Å²) in [4.78, 5) is 33.7. The van der Waals surface area contributed by atoms with Crippen LogP contribution < -0.4 is 21.3 Å². The normalized spacial score (nSPS) is 15.3. The lowest BCUT2D eigenvalue weighted by molar-refractivity contribution is 0.0923. The predicted molar refractivity (Wildman–Crippen MR) is 136 cm³/mol. The molecule has 0 saturated carbocycles. The van der Waals surface area contributed by atoms with Crippen LogP contribution in [-0.2, 0) is 5.54 Å². The van der Waals surface area contributed by atoms with E-state index >= 15 is 0 Å². The highest BCUT2D eigenvalue weighted by Crippen LogP contribution is 2.33. The van der Waals surface area contributed by atoms with Crippen LogP contribution in [-0.4, -0.2) is 57.9 Å². The van der Waals surface area contributed by atoms with Gasteiger partial charge in [0, 0.05) is 17.4 Å². The number of anilines is 3. The monoisotopic (exact) mass is 508 g/mol. The molecule has 2 aromatic carbocycles.